The fraction of sp³-hybridized carbons (Fsp3) is 0.438. The predicted octanol–water partition coefficient (Wildman–Crippen LogP) is 6.90. The van der Waals surface area contributed by atoms with Gasteiger partial charge in [0.05, 0.1) is 6.54 Å². The number of hydrogen-bond donors (Lipinski definition) is 2. The Morgan fingerprint density at radius 2 is 1.33 bits per heavy atom. The van der Waals surface area contributed by atoms with Crippen molar-refractivity contribution < 1.29 is 14.9 Å². The van der Waals surface area contributed by atoms with Gasteiger partial charge in [0.2, 0.25) is 0 Å². The van der Waals surface area contributed by atoms with Crippen LogP contribution in [0.15, 0.2) is 72.8 Å². The van der Waals surface area contributed by atoms with Crippen molar-refractivity contribution in [2.24, 2.45) is 0 Å². The van der Waals surface area contributed by atoms with E-state index in [2.05, 4.69) is 47.6 Å². The van der Waals surface area contributed by atoms with E-state index in [0.717, 1.165) is 28.7 Å². The molecule has 0 unspecified atom stereocenters. The Morgan fingerprint density at radius 3 is 1.81 bits per heavy atom. The maximum Gasteiger partial charge on any atom is 0.167 e. The zero-order valence-corrected chi connectivity index (χ0v) is 22.6. The van der Waals surface area contributed by atoms with Crippen LogP contribution >= 0.6 is 0 Å². The Labute approximate surface area is 216 Å². The van der Waals surface area contributed by atoms with Gasteiger partial charge in [0.25, 0.3) is 0 Å². The second-order valence-electron chi connectivity index (χ2n) is 12.5. The number of hydrogen-bond acceptors (Lipinski definition) is 3. The molecule has 0 amide bonds. The highest BCUT2D eigenvalue weighted by atomic mass is 16.6. The molecule has 3 aromatic carbocycles. The van der Waals surface area contributed by atoms with Gasteiger partial charge in [-0.3, -0.25) is 0 Å². The summed E-state index contributed by atoms with van der Waals surface area (Å²) in [5.74, 6) is 0.206. The summed E-state index contributed by atoms with van der Waals surface area (Å²) in [6.45, 7) is 13.2. The molecule has 0 aromatic heterocycles. The molecule has 0 aliphatic carbocycles. The maximum absolute atomic E-state index is 14.7. The van der Waals surface area contributed by atoms with Crippen molar-refractivity contribution in [2.45, 2.75) is 83.4 Å². The summed E-state index contributed by atoms with van der Waals surface area (Å²) in [5, 5.41) is 38.6. The van der Waals surface area contributed by atoms with Crippen LogP contribution in [0.3, 0.4) is 0 Å². The maximum atomic E-state index is 14.7. The summed E-state index contributed by atoms with van der Waals surface area (Å²) in [5.41, 5.74) is 2.23. The number of aliphatic hydroxyl groups is 1. The van der Waals surface area contributed by atoms with Crippen LogP contribution in [-0.2, 0) is 23.0 Å². The van der Waals surface area contributed by atoms with Gasteiger partial charge >= 0.3 is 0 Å². The molecule has 0 saturated carbocycles. The largest absolute Gasteiger partial charge is 0.632 e. The number of hydroxylamine groups is 3. The smallest absolute Gasteiger partial charge is 0.167 e. The summed E-state index contributed by atoms with van der Waals surface area (Å²) >= 11 is 0. The van der Waals surface area contributed by atoms with Crippen molar-refractivity contribution in [3.8, 4) is 5.75 Å². The lowest BCUT2D eigenvalue weighted by Gasteiger charge is -2.50. The van der Waals surface area contributed by atoms with E-state index in [1.807, 2.05) is 66.7 Å². The Kier molecular flexibility index (Phi) is 6.85. The van der Waals surface area contributed by atoms with Crippen LogP contribution in [-0.4, -0.2) is 27.4 Å². The molecule has 1 heterocycles. The Balaban J connectivity index is 1.85. The topological polar surface area (TPSA) is 63.5 Å². The Morgan fingerprint density at radius 1 is 0.806 bits per heavy atom. The first-order valence-electron chi connectivity index (χ1n) is 13.0. The van der Waals surface area contributed by atoms with Crippen molar-refractivity contribution in [3.05, 3.63) is 106 Å². The average Bonchev–Trinajstić information content (AvgIpc) is 3.21. The summed E-state index contributed by atoms with van der Waals surface area (Å²) in [4.78, 5) is 0. The molecular weight excluding hydrogens is 446 g/mol. The van der Waals surface area contributed by atoms with Crippen LogP contribution in [0.25, 0.3) is 0 Å². The fourth-order valence-corrected chi connectivity index (χ4v) is 5.73. The van der Waals surface area contributed by atoms with Crippen molar-refractivity contribution in [2.75, 3.05) is 6.54 Å². The van der Waals surface area contributed by atoms with Crippen molar-refractivity contribution >= 4 is 0 Å². The second kappa shape index (κ2) is 9.33. The second-order valence-corrected chi connectivity index (χ2v) is 12.5. The normalized spacial score (nSPS) is 21.1. The van der Waals surface area contributed by atoms with E-state index in [0.29, 0.717) is 18.5 Å². The molecular formula is C32H41NO3. The number of benzene rings is 3. The molecule has 3 aromatic rings. The van der Waals surface area contributed by atoms with Gasteiger partial charge in [-0.2, -0.15) is 0 Å². The van der Waals surface area contributed by atoms with Crippen LogP contribution < -0.4 is 0 Å². The Hall–Kier alpha value is -2.66. The lowest BCUT2D eigenvalue weighted by Crippen LogP contribution is -2.56. The molecule has 192 valence electrons. The van der Waals surface area contributed by atoms with Gasteiger partial charge in [-0.15, -0.1) is 0 Å². The van der Waals surface area contributed by atoms with Crippen molar-refractivity contribution in [1.29, 1.82) is 0 Å². The highest BCUT2D eigenvalue weighted by molar-refractivity contribution is 5.48. The van der Waals surface area contributed by atoms with Gasteiger partial charge in [0.15, 0.2) is 5.60 Å². The predicted molar refractivity (Wildman–Crippen MR) is 147 cm³/mol. The standard InChI is InChI=1S/C32H41NO3/c1-30(2,3)26-20-23(29(34)27(21-26)31(4,5)6)22-33(36)19-13-18-28(33)32(35,24-14-9-7-10-15-24)25-16-11-8-12-17-25/h7-12,14-17,20-21,28,34-35H,13,18-19,22H2,1-6H3/t28-,33-/m1/s1. The highest BCUT2D eigenvalue weighted by Crippen LogP contribution is 2.46. The Bertz CT molecular complexity index is 1150. The van der Waals surface area contributed by atoms with Gasteiger partial charge in [-0.1, -0.05) is 108 Å². The van der Waals surface area contributed by atoms with Gasteiger partial charge in [-0.05, 0) is 33.6 Å². The SMILES string of the molecule is CC(C)(C)c1cc(C[N@+]2([O-])CCC[C@@H]2C(O)(c2ccccc2)c2ccccc2)c(O)c(C(C)(C)C)c1. The molecule has 4 rings (SSSR count). The van der Waals surface area contributed by atoms with Crippen molar-refractivity contribution in [1.82, 2.24) is 0 Å². The average molecular weight is 488 g/mol. The lowest BCUT2D eigenvalue weighted by atomic mass is 9.78. The summed E-state index contributed by atoms with van der Waals surface area (Å²) in [7, 11) is 0. The molecule has 0 bridgehead atoms. The molecule has 1 aliphatic heterocycles. The van der Waals surface area contributed by atoms with E-state index in [1.54, 1.807) is 0 Å². The minimum Gasteiger partial charge on any atom is -0.632 e. The van der Waals surface area contributed by atoms with E-state index in [9.17, 15) is 15.4 Å². The molecule has 36 heavy (non-hydrogen) atoms. The van der Waals surface area contributed by atoms with E-state index >= 15 is 0 Å². The highest BCUT2D eigenvalue weighted by Gasteiger charge is 2.52. The van der Waals surface area contributed by atoms with E-state index < -0.39 is 16.3 Å². The molecule has 1 saturated heterocycles. The zero-order chi connectivity index (χ0) is 26.4. The van der Waals surface area contributed by atoms with Crippen LogP contribution in [0.5, 0.6) is 5.75 Å². The molecule has 4 nitrogen and oxygen atoms in total. The molecule has 0 radical (unpaired) electrons. The minimum absolute atomic E-state index is 0.117. The first-order valence-corrected chi connectivity index (χ1v) is 13.0. The van der Waals surface area contributed by atoms with Crippen molar-refractivity contribution in [3.63, 3.8) is 0 Å². The number of phenols is 1. The minimum atomic E-state index is -1.44. The van der Waals surface area contributed by atoms with E-state index in [4.69, 9.17) is 0 Å². The number of aromatic hydroxyl groups is 1. The molecule has 1 aliphatic rings. The quantitative estimate of drug-likeness (QED) is 0.304. The van der Waals surface area contributed by atoms with Crippen LogP contribution in [0.1, 0.15) is 82.2 Å². The van der Waals surface area contributed by atoms with Crippen LogP contribution in [0, 0.1) is 5.21 Å². The number of phenolic OH excluding ortho intramolecular Hbond substituents is 1. The van der Waals surface area contributed by atoms with Gasteiger partial charge in [0, 0.05) is 24.0 Å². The summed E-state index contributed by atoms with van der Waals surface area (Å²) < 4.78 is -0.578. The zero-order valence-electron chi connectivity index (χ0n) is 22.6. The van der Waals surface area contributed by atoms with Crippen LogP contribution in [0.4, 0.5) is 0 Å². The monoisotopic (exact) mass is 487 g/mol. The first-order chi connectivity index (χ1) is 16.8. The van der Waals surface area contributed by atoms with E-state index in [1.165, 1.54) is 0 Å². The summed E-state index contributed by atoms with van der Waals surface area (Å²) in [6, 6.07) is 22.6. The molecule has 1 fully saturated rings. The lowest BCUT2D eigenvalue weighted by molar-refractivity contribution is -0.913. The van der Waals surface area contributed by atoms with Gasteiger partial charge in [0.1, 0.15) is 18.3 Å². The first kappa shape index (κ1) is 26.4. The number of nitrogens with zero attached hydrogens (tertiary/aromatic N) is 1. The third kappa shape index (κ3) is 4.82. The molecule has 0 spiro atoms. The van der Waals surface area contributed by atoms with Gasteiger partial charge in [-0.25, -0.2) is 0 Å². The fourth-order valence-electron chi connectivity index (χ4n) is 5.73. The molecule has 2 atom stereocenters. The number of rotatable bonds is 5. The molecule has 4 heteroatoms. The summed E-state index contributed by atoms with van der Waals surface area (Å²) in [6.07, 6.45) is 1.33. The van der Waals surface area contributed by atoms with Crippen LogP contribution in [0.2, 0.25) is 0 Å². The number of quaternary nitrogens is 1. The number of likely N-dealkylation sites (tertiary alicyclic amines) is 1. The van der Waals surface area contributed by atoms with Gasteiger partial charge < -0.3 is 20.1 Å². The third-order valence-electron chi connectivity index (χ3n) is 7.79. The van der Waals surface area contributed by atoms with E-state index in [-0.39, 0.29) is 23.1 Å². The third-order valence-corrected chi connectivity index (χ3v) is 7.79. The molecule has 2 N–H and O–H groups in total.